The first-order valence-corrected chi connectivity index (χ1v) is 10.6. The SMILES string of the molecule is COC(=O)COCC=CCN1CCN([C@H](c2ccccc2)c2ccc(Cl)cc2)CC1. The van der Waals surface area contributed by atoms with Gasteiger partial charge in [0, 0.05) is 37.7 Å². The summed E-state index contributed by atoms with van der Waals surface area (Å²) in [6.45, 7) is 5.29. The van der Waals surface area contributed by atoms with Gasteiger partial charge in [-0.25, -0.2) is 4.79 Å². The second-order valence-corrected chi connectivity index (χ2v) is 7.70. The van der Waals surface area contributed by atoms with Crippen LogP contribution in [0.5, 0.6) is 0 Å². The first-order chi connectivity index (χ1) is 14.7. The molecule has 0 aromatic heterocycles. The van der Waals surface area contributed by atoms with Crippen LogP contribution in [0.4, 0.5) is 0 Å². The Morgan fingerprint density at radius 2 is 1.67 bits per heavy atom. The molecule has 2 aromatic rings. The minimum Gasteiger partial charge on any atom is -0.467 e. The molecule has 1 atom stereocenters. The van der Waals surface area contributed by atoms with Crippen molar-refractivity contribution in [2.45, 2.75) is 6.04 Å². The lowest BCUT2D eigenvalue weighted by Gasteiger charge is -2.39. The maximum absolute atomic E-state index is 11.0. The van der Waals surface area contributed by atoms with Gasteiger partial charge in [-0.1, -0.05) is 66.2 Å². The zero-order chi connectivity index (χ0) is 21.2. The summed E-state index contributed by atoms with van der Waals surface area (Å²) in [5.41, 5.74) is 2.57. The molecule has 1 saturated heterocycles. The van der Waals surface area contributed by atoms with Gasteiger partial charge in [0.2, 0.25) is 0 Å². The Morgan fingerprint density at radius 3 is 2.33 bits per heavy atom. The molecule has 0 bridgehead atoms. The predicted octanol–water partition coefficient (Wildman–Crippen LogP) is 3.79. The van der Waals surface area contributed by atoms with Crippen molar-refractivity contribution < 1.29 is 14.3 Å². The first-order valence-electron chi connectivity index (χ1n) is 10.2. The van der Waals surface area contributed by atoms with Crippen molar-refractivity contribution in [3.05, 3.63) is 82.9 Å². The molecule has 3 rings (SSSR count). The highest BCUT2D eigenvalue weighted by atomic mass is 35.5. The van der Waals surface area contributed by atoms with E-state index in [1.54, 1.807) is 0 Å². The van der Waals surface area contributed by atoms with E-state index in [9.17, 15) is 4.79 Å². The van der Waals surface area contributed by atoms with E-state index in [1.807, 2.05) is 18.2 Å². The molecule has 1 aliphatic rings. The Labute approximate surface area is 183 Å². The van der Waals surface area contributed by atoms with Gasteiger partial charge in [0.15, 0.2) is 0 Å². The van der Waals surface area contributed by atoms with Gasteiger partial charge in [-0.3, -0.25) is 9.80 Å². The fraction of sp³-hybridized carbons (Fsp3) is 0.375. The van der Waals surface area contributed by atoms with E-state index in [0.717, 1.165) is 37.7 Å². The van der Waals surface area contributed by atoms with Crippen molar-refractivity contribution in [1.82, 2.24) is 9.80 Å². The highest BCUT2D eigenvalue weighted by Crippen LogP contribution is 2.30. The largest absolute Gasteiger partial charge is 0.467 e. The van der Waals surface area contributed by atoms with Crippen molar-refractivity contribution in [2.75, 3.05) is 53.0 Å². The number of piperazine rings is 1. The van der Waals surface area contributed by atoms with Crippen LogP contribution in [0, 0.1) is 0 Å². The molecule has 0 aliphatic carbocycles. The second kappa shape index (κ2) is 11.9. The molecule has 0 spiro atoms. The highest BCUT2D eigenvalue weighted by Gasteiger charge is 2.25. The van der Waals surface area contributed by atoms with Gasteiger partial charge < -0.3 is 9.47 Å². The van der Waals surface area contributed by atoms with E-state index in [4.69, 9.17) is 16.3 Å². The van der Waals surface area contributed by atoms with E-state index in [1.165, 1.54) is 18.2 Å². The van der Waals surface area contributed by atoms with Crippen LogP contribution in [0.1, 0.15) is 17.2 Å². The Kier molecular flexibility index (Phi) is 8.90. The minimum absolute atomic E-state index is 0.00884. The molecule has 1 aliphatic heterocycles. The number of rotatable bonds is 9. The fourth-order valence-electron chi connectivity index (χ4n) is 3.66. The third kappa shape index (κ3) is 6.67. The molecule has 0 N–H and O–H groups in total. The van der Waals surface area contributed by atoms with Crippen molar-refractivity contribution in [3.8, 4) is 0 Å². The smallest absolute Gasteiger partial charge is 0.331 e. The summed E-state index contributed by atoms with van der Waals surface area (Å²) in [7, 11) is 1.36. The van der Waals surface area contributed by atoms with Crippen LogP contribution in [0.25, 0.3) is 0 Å². The molecule has 0 amide bonds. The molecular formula is C24H29ClN2O3. The Balaban J connectivity index is 1.53. The number of ether oxygens (including phenoxy) is 2. The molecule has 5 nitrogen and oxygen atoms in total. The van der Waals surface area contributed by atoms with Crippen LogP contribution < -0.4 is 0 Å². The average molecular weight is 429 g/mol. The van der Waals surface area contributed by atoms with Crippen LogP contribution in [-0.2, 0) is 14.3 Å². The third-order valence-electron chi connectivity index (χ3n) is 5.27. The van der Waals surface area contributed by atoms with E-state index in [-0.39, 0.29) is 18.6 Å². The van der Waals surface area contributed by atoms with Gasteiger partial charge in [0.25, 0.3) is 0 Å². The standard InChI is InChI=1S/C24H29ClN2O3/c1-29-23(28)19-30-18-6-5-13-26-14-16-27(17-15-26)24(20-7-3-2-4-8-20)21-9-11-22(25)12-10-21/h2-12,24H,13-19H2,1H3/t24-/m1/s1. The van der Waals surface area contributed by atoms with Gasteiger partial charge >= 0.3 is 5.97 Å². The van der Waals surface area contributed by atoms with Crippen molar-refractivity contribution in [2.24, 2.45) is 0 Å². The van der Waals surface area contributed by atoms with E-state index in [2.05, 4.69) is 63.1 Å². The normalized spacial score (nSPS) is 16.6. The fourth-order valence-corrected chi connectivity index (χ4v) is 3.79. The quantitative estimate of drug-likeness (QED) is 0.345. The van der Waals surface area contributed by atoms with E-state index < -0.39 is 0 Å². The number of nitrogens with zero attached hydrogens (tertiary/aromatic N) is 2. The lowest BCUT2D eigenvalue weighted by molar-refractivity contribution is -0.145. The van der Waals surface area contributed by atoms with E-state index in [0.29, 0.717) is 6.61 Å². The maximum Gasteiger partial charge on any atom is 0.331 e. The Bertz CT molecular complexity index is 803. The number of halogens is 1. The van der Waals surface area contributed by atoms with Crippen molar-refractivity contribution in [1.29, 1.82) is 0 Å². The topological polar surface area (TPSA) is 42.0 Å². The Hall–Kier alpha value is -2.18. The molecule has 1 fully saturated rings. The van der Waals surface area contributed by atoms with Crippen LogP contribution in [0.15, 0.2) is 66.7 Å². The molecule has 6 heteroatoms. The highest BCUT2D eigenvalue weighted by molar-refractivity contribution is 6.30. The predicted molar refractivity (Wildman–Crippen MR) is 120 cm³/mol. The Morgan fingerprint density at radius 1 is 1.00 bits per heavy atom. The van der Waals surface area contributed by atoms with Crippen LogP contribution in [-0.4, -0.2) is 68.8 Å². The summed E-state index contributed by atoms with van der Waals surface area (Å²) < 4.78 is 9.78. The number of benzene rings is 2. The molecule has 0 radical (unpaired) electrons. The summed E-state index contributed by atoms with van der Waals surface area (Å²) in [6.07, 6.45) is 4.05. The molecule has 160 valence electrons. The summed E-state index contributed by atoms with van der Waals surface area (Å²) in [5.74, 6) is -0.354. The van der Waals surface area contributed by atoms with Crippen LogP contribution >= 0.6 is 11.6 Å². The molecule has 0 saturated carbocycles. The summed E-state index contributed by atoms with van der Waals surface area (Å²) in [6, 6.07) is 19.1. The number of carbonyl (C=O) groups is 1. The van der Waals surface area contributed by atoms with Gasteiger partial charge in [-0.2, -0.15) is 0 Å². The lowest BCUT2D eigenvalue weighted by Crippen LogP contribution is -2.47. The number of esters is 1. The molecule has 1 heterocycles. The second-order valence-electron chi connectivity index (χ2n) is 7.26. The first kappa shape index (κ1) is 22.5. The molecule has 0 unspecified atom stereocenters. The lowest BCUT2D eigenvalue weighted by atomic mass is 9.96. The average Bonchev–Trinajstić information content (AvgIpc) is 2.79. The van der Waals surface area contributed by atoms with Crippen molar-refractivity contribution >= 4 is 17.6 Å². The molecular weight excluding hydrogens is 400 g/mol. The van der Waals surface area contributed by atoms with Crippen molar-refractivity contribution in [3.63, 3.8) is 0 Å². The van der Waals surface area contributed by atoms with Gasteiger partial charge in [-0.05, 0) is 23.3 Å². The number of methoxy groups -OCH3 is 1. The summed E-state index contributed by atoms with van der Waals surface area (Å²) in [5, 5.41) is 0.762. The number of carbonyl (C=O) groups excluding carboxylic acids is 1. The number of hydrogen-bond donors (Lipinski definition) is 0. The van der Waals surface area contributed by atoms with Crippen LogP contribution in [0.3, 0.4) is 0 Å². The number of hydrogen-bond acceptors (Lipinski definition) is 5. The zero-order valence-corrected chi connectivity index (χ0v) is 18.1. The van der Waals surface area contributed by atoms with Gasteiger partial charge in [-0.15, -0.1) is 0 Å². The molecule has 30 heavy (non-hydrogen) atoms. The van der Waals surface area contributed by atoms with Gasteiger partial charge in [0.05, 0.1) is 19.8 Å². The van der Waals surface area contributed by atoms with Crippen LogP contribution in [0.2, 0.25) is 5.02 Å². The third-order valence-corrected chi connectivity index (χ3v) is 5.52. The summed E-state index contributed by atoms with van der Waals surface area (Å²) >= 11 is 6.11. The zero-order valence-electron chi connectivity index (χ0n) is 17.4. The summed E-state index contributed by atoms with van der Waals surface area (Å²) in [4.78, 5) is 16.0. The maximum atomic E-state index is 11.0. The monoisotopic (exact) mass is 428 g/mol. The minimum atomic E-state index is -0.354. The van der Waals surface area contributed by atoms with E-state index >= 15 is 0 Å². The molecule has 2 aromatic carbocycles. The van der Waals surface area contributed by atoms with Gasteiger partial charge in [0.1, 0.15) is 6.61 Å².